The Morgan fingerprint density at radius 2 is 1.92 bits per heavy atom. The average Bonchev–Trinajstić information content (AvgIpc) is 2.55. The molecule has 1 saturated heterocycles. The highest BCUT2D eigenvalue weighted by atomic mass is 127. The van der Waals surface area contributed by atoms with Crippen LogP contribution in [-0.2, 0) is 9.47 Å². The zero-order valence-electron chi connectivity index (χ0n) is 17.5. The Labute approximate surface area is 177 Å². The van der Waals surface area contributed by atoms with Gasteiger partial charge < -0.3 is 25.0 Å². The highest BCUT2D eigenvalue weighted by Gasteiger charge is 2.18. The minimum absolute atomic E-state index is 0. The fourth-order valence-corrected chi connectivity index (χ4v) is 3.08. The number of aliphatic imine (C=N–C) groups is 1. The average molecular weight is 484 g/mol. The van der Waals surface area contributed by atoms with Crippen molar-refractivity contribution in [2.45, 2.75) is 40.0 Å². The van der Waals surface area contributed by atoms with Gasteiger partial charge in [-0.05, 0) is 51.6 Å². The maximum atomic E-state index is 5.81. The van der Waals surface area contributed by atoms with E-state index in [9.17, 15) is 0 Å². The van der Waals surface area contributed by atoms with Crippen LogP contribution in [0.3, 0.4) is 0 Å². The summed E-state index contributed by atoms with van der Waals surface area (Å²) in [7, 11) is 4.21. The van der Waals surface area contributed by atoms with E-state index >= 15 is 0 Å². The molecule has 0 aliphatic carbocycles. The quantitative estimate of drug-likeness (QED) is 0.204. The third kappa shape index (κ3) is 13.1. The Balaban J connectivity index is 0.00000625. The van der Waals surface area contributed by atoms with E-state index in [4.69, 9.17) is 14.5 Å². The Hall–Kier alpha value is -0.120. The minimum Gasteiger partial charge on any atom is -0.381 e. The van der Waals surface area contributed by atoms with Crippen LogP contribution in [0, 0.1) is 11.3 Å². The second-order valence-corrected chi connectivity index (χ2v) is 8.01. The van der Waals surface area contributed by atoms with Crippen molar-refractivity contribution in [2.75, 3.05) is 66.7 Å². The molecule has 1 aliphatic heterocycles. The molecule has 0 bridgehead atoms. The highest BCUT2D eigenvalue weighted by Crippen LogP contribution is 2.16. The fourth-order valence-electron chi connectivity index (χ4n) is 3.08. The number of halogens is 1. The van der Waals surface area contributed by atoms with Gasteiger partial charge in [0, 0.05) is 52.6 Å². The summed E-state index contributed by atoms with van der Waals surface area (Å²) in [6.07, 6.45) is 3.27. The van der Waals surface area contributed by atoms with Gasteiger partial charge in [0.1, 0.15) is 0 Å². The minimum atomic E-state index is 0. The summed E-state index contributed by atoms with van der Waals surface area (Å²) in [6, 6.07) is 0. The zero-order chi connectivity index (χ0) is 18.5. The van der Waals surface area contributed by atoms with Crippen LogP contribution in [0.5, 0.6) is 0 Å². The summed E-state index contributed by atoms with van der Waals surface area (Å²) in [5.41, 5.74) is 0.165. The van der Waals surface area contributed by atoms with Crippen molar-refractivity contribution in [1.82, 2.24) is 15.5 Å². The molecule has 0 aromatic rings. The van der Waals surface area contributed by atoms with Gasteiger partial charge in [-0.3, -0.25) is 4.99 Å². The standard InChI is InChI=1S/C19H40N4O2.HI/c1-6-20-18(22-15-19(2,3)16-23(4)5)21-10-7-11-25-14-17-8-12-24-13-9-17;/h17H,6-16H2,1-5H3,(H2,20,21,22);1H. The molecule has 0 aromatic carbocycles. The Morgan fingerprint density at radius 1 is 1.23 bits per heavy atom. The van der Waals surface area contributed by atoms with Gasteiger partial charge in [-0.25, -0.2) is 0 Å². The van der Waals surface area contributed by atoms with Gasteiger partial charge >= 0.3 is 0 Å². The third-order valence-electron chi connectivity index (χ3n) is 4.21. The van der Waals surface area contributed by atoms with E-state index in [0.29, 0.717) is 5.92 Å². The van der Waals surface area contributed by atoms with E-state index in [2.05, 4.69) is 50.4 Å². The molecule has 156 valence electrons. The number of hydrogen-bond acceptors (Lipinski definition) is 4. The van der Waals surface area contributed by atoms with E-state index in [0.717, 1.165) is 77.8 Å². The van der Waals surface area contributed by atoms with Gasteiger partial charge in [0.15, 0.2) is 5.96 Å². The van der Waals surface area contributed by atoms with E-state index in [1.54, 1.807) is 0 Å². The van der Waals surface area contributed by atoms with Crippen LogP contribution in [0.25, 0.3) is 0 Å². The number of nitrogens with one attached hydrogen (secondary N) is 2. The van der Waals surface area contributed by atoms with Gasteiger partial charge in [-0.15, -0.1) is 24.0 Å². The summed E-state index contributed by atoms with van der Waals surface area (Å²) in [5.74, 6) is 1.58. The molecular formula is C19H41IN4O2. The second kappa shape index (κ2) is 14.9. The first kappa shape index (κ1) is 25.9. The first-order valence-electron chi connectivity index (χ1n) is 9.75. The van der Waals surface area contributed by atoms with Crippen LogP contribution in [0.2, 0.25) is 0 Å². The summed E-state index contributed by atoms with van der Waals surface area (Å²) in [5, 5.41) is 6.73. The van der Waals surface area contributed by atoms with Crippen molar-refractivity contribution in [3.63, 3.8) is 0 Å². The van der Waals surface area contributed by atoms with Crippen LogP contribution >= 0.6 is 24.0 Å². The van der Waals surface area contributed by atoms with Gasteiger partial charge in [0.25, 0.3) is 0 Å². The number of ether oxygens (including phenoxy) is 2. The molecule has 7 heteroatoms. The summed E-state index contributed by atoms with van der Waals surface area (Å²) >= 11 is 0. The van der Waals surface area contributed by atoms with Gasteiger partial charge in [0.2, 0.25) is 0 Å². The molecule has 26 heavy (non-hydrogen) atoms. The monoisotopic (exact) mass is 484 g/mol. The maximum Gasteiger partial charge on any atom is 0.191 e. The van der Waals surface area contributed by atoms with Crippen LogP contribution in [-0.4, -0.2) is 77.6 Å². The van der Waals surface area contributed by atoms with E-state index in [1.165, 1.54) is 0 Å². The largest absolute Gasteiger partial charge is 0.381 e. The van der Waals surface area contributed by atoms with Gasteiger partial charge in [-0.1, -0.05) is 13.8 Å². The Morgan fingerprint density at radius 3 is 2.54 bits per heavy atom. The van der Waals surface area contributed by atoms with Crippen molar-refractivity contribution in [1.29, 1.82) is 0 Å². The third-order valence-corrected chi connectivity index (χ3v) is 4.21. The second-order valence-electron chi connectivity index (χ2n) is 8.01. The summed E-state index contributed by atoms with van der Waals surface area (Å²) < 4.78 is 11.2. The molecule has 1 fully saturated rings. The Bertz CT molecular complexity index is 373. The van der Waals surface area contributed by atoms with E-state index in [-0.39, 0.29) is 29.4 Å². The van der Waals surface area contributed by atoms with Crippen LogP contribution in [0.1, 0.15) is 40.0 Å². The lowest BCUT2D eigenvalue weighted by atomic mass is 9.93. The molecule has 0 spiro atoms. The first-order chi connectivity index (χ1) is 11.9. The zero-order valence-corrected chi connectivity index (χ0v) is 19.8. The van der Waals surface area contributed by atoms with Crippen LogP contribution < -0.4 is 10.6 Å². The van der Waals surface area contributed by atoms with E-state index in [1.807, 2.05) is 0 Å². The predicted octanol–water partition coefficient (Wildman–Crippen LogP) is 2.58. The SMILES string of the molecule is CCNC(=NCC(C)(C)CN(C)C)NCCCOCC1CCOCC1.I. The number of hydrogen-bond donors (Lipinski definition) is 2. The van der Waals surface area contributed by atoms with Crippen molar-refractivity contribution in [3.8, 4) is 0 Å². The van der Waals surface area contributed by atoms with Crippen molar-refractivity contribution in [2.24, 2.45) is 16.3 Å². The van der Waals surface area contributed by atoms with Gasteiger partial charge in [-0.2, -0.15) is 0 Å². The maximum absolute atomic E-state index is 5.81. The molecule has 1 aliphatic rings. The number of nitrogens with zero attached hydrogens (tertiary/aromatic N) is 2. The molecular weight excluding hydrogens is 443 g/mol. The van der Waals surface area contributed by atoms with Crippen LogP contribution in [0.4, 0.5) is 0 Å². The van der Waals surface area contributed by atoms with Crippen molar-refractivity contribution >= 4 is 29.9 Å². The molecule has 2 N–H and O–H groups in total. The lowest BCUT2D eigenvalue weighted by molar-refractivity contribution is 0.0203. The summed E-state index contributed by atoms with van der Waals surface area (Å²) in [4.78, 5) is 6.96. The Kier molecular flexibility index (Phi) is 14.8. The molecule has 0 amide bonds. The lowest BCUT2D eigenvalue weighted by Gasteiger charge is -2.26. The topological polar surface area (TPSA) is 58.1 Å². The molecule has 0 aromatic heterocycles. The predicted molar refractivity (Wildman–Crippen MR) is 121 cm³/mol. The van der Waals surface area contributed by atoms with E-state index < -0.39 is 0 Å². The normalized spacial score (nSPS) is 16.5. The highest BCUT2D eigenvalue weighted by molar-refractivity contribution is 14.0. The number of rotatable bonds is 11. The molecule has 0 atom stereocenters. The van der Waals surface area contributed by atoms with Crippen molar-refractivity contribution in [3.05, 3.63) is 0 Å². The molecule has 6 nitrogen and oxygen atoms in total. The fraction of sp³-hybridized carbons (Fsp3) is 0.947. The molecule has 1 rings (SSSR count). The van der Waals surface area contributed by atoms with Crippen molar-refractivity contribution < 1.29 is 9.47 Å². The summed E-state index contributed by atoms with van der Waals surface area (Å²) in [6.45, 7) is 13.6. The first-order valence-corrected chi connectivity index (χ1v) is 9.75. The lowest BCUT2D eigenvalue weighted by Crippen LogP contribution is -2.39. The van der Waals surface area contributed by atoms with Gasteiger partial charge in [0.05, 0.1) is 0 Å². The number of guanidine groups is 1. The molecule has 0 radical (unpaired) electrons. The van der Waals surface area contributed by atoms with Crippen LogP contribution in [0.15, 0.2) is 4.99 Å². The smallest absolute Gasteiger partial charge is 0.191 e. The molecule has 0 unspecified atom stereocenters. The molecule has 0 saturated carbocycles. The molecule has 1 heterocycles.